The molecule has 0 saturated carbocycles. The van der Waals surface area contributed by atoms with Crippen LogP contribution in [0.5, 0.6) is 0 Å². The Labute approximate surface area is 127 Å². The maximum Gasteiger partial charge on any atom is 0.203 e. The molecule has 0 amide bonds. The molecule has 20 heavy (non-hydrogen) atoms. The zero-order chi connectivity index (χ0) is 12.7. The van der Waals surface area contributed by atoms with E-state index in [4.69, 9.17) is 0 Å². The van der Waals surface area contributed by atoms with Crippen molar-refractivity contribution in [2.45, 2.75) is 0 Å². The van der Waals surface area contributed by atoms with Gasteiger partial charge in [0.15, 0.2) is 0 Å². The van der Waals surface area contributed by atoms with E-state index in [2.05, 4.69) is 62.7 Å². The molecule has 102 valence electrons. The molecule has 3 aromatic rings. The molecule has 3 nitrogen and oxygen atoms in total. The Hall–Kier alpha value is -1.78. The third-order valence-corrected chi connectivity index (χ3v) is 4.25. The first kappa shape index (κ1) is 13.2. The Balaban J connectivity index is 0.00000121. The van der Waals surface area contributed by atoms with Crippen molar-refractivity contribution < 1.29 is 0 Å². The lowest BCUT2D eigenvalue weighted by Crippen LogP contribution is -2.26. The van der Waals surface area contributed by atoms with Crippen LogP contribution in [0.4, 0.5) is 0 Å². The van der Waals surface area contributed by atoms with Gasteiger partial charge in [-0.15, -0.1) is 23.7 Å². The second kappa shape index (κ2) is 5.31. The summed E-state index contributed by atoms with van der Waals surface area (Å²) in [7, 11) is 0. The van der Waals surface area contributed by atoms with E-state index in [0.29, 0.717) is 0 Å². The molecule has 0 spiro atoms. The second-order valence-electron chi connectivity index (χ2n) is 4.53. The summed E-state index contributed by atoms with van der Waals surface area (Å²) in [5.74, 6) is 0.963. The van der Waals surface area contributed by atoms with Gasteiger partial charge in [0.05, 0.1) is 22.6 Å². The van der Waals surface area contributed by atoms with E-state index in [0.717, 1.165) is 19.0 Å². The highest BCUT2D eigenvalue weighted by molar-refractivity contribution is 7.13. The quantitative estimate of drug-likeness (QED) is 0.731. The van der Waals surface area contributed by atoms with Crippen molar-refractivity contribution in [2.75, 3.05) is 13.1 Å². The van der Waals surface area contributed by atoms with Crippen molar-refractivity contribution in [1.29, 1.82) is 0 Å². The summed E-state index contributed by atoms with van der Waals surface area (Å²) in [6.07, 6.45) is 0. The van der Waals surface area contributed by atoms with E-state index in [9.17, 15) is 0 Å². The Morgan fingerprint density at radius 3 is 2.80 bits per heavy atom. The molecule has 0 atom stereocenters. The van der Waals surface area contributed by atoms with Gasteiger partial charge in [-0.1, -0.05) is 24.3 Å². The fraction of sp³-hybridized carbons (Fsp3) is 0.133. The molecule has 1 aliphatic rings. The van der Waals surface area contributed by atoms with Crippen LogP contribution in [0.25, 0.3) is 21.5 Å². The summed E-state index contributed by atoms with van der Waals surface area (Å²) >= 11 is 1.76. The lowest BCUT2D eigenvalue weighted by atomic mass is 10.2. The molecule has 5 heteroatoms. The Kier molecular flexibility index (Phi) is 3.51. The summed E-state index contributed by atoms with van der Waals surface area (Å²) in [6, 6.07) is 14.9. The summed E-state index contributed by atoms with van der Waals surface area (Å²) < 4.78 is 2.23. The molecule has 0 fully saturated rings. The van der Waals surface area contributed by atoms with Crippen molar-refractivity contribution in [2.24, 2.45) is 4.99 Å². The van der Waals surface area contributed by atoms with Crippen molar-refractivity contribution >= 4 is 40.6 Å². The van der Waals surface area contributed by atoms with Gasteiger partial charge in [0, 0.05) is 11.9 Å². The number of hydrogen-bond acceptors (Lipinski definition) is 3. The zero-order valence-corrected chi connectivity index (χ0v) is 12.4. The van der Waals surface area contributed by atoms with Gasteiger partial charge in [-0.05, 0) is 23.6 Å². The first-order valence-electron chi connectivity index (χ1n) is 6.36. The van der Waals surface area contributed by atoms with E-state index in [1.807, 2.05) is 0 Å². The fourth-order valence-electron chi connectivity index (χ4n) is 2.52. The van der Waals surface area contributed by atoms with E-state index in [1.54, 1.807) is 11.3 Å². The van der Waals surface area contributed by atoms with E-state index in [-0.39, 0.29) is 12.4 Å². The molecule has 0 unspecified atom stereocenters. The first-order chi connectivity index (χ1) is 9.43. The Morgan fingerprint density at radius 1 is 1.15 bits per heavy atom. The molecule has 0 bridgehead atoms. The molecule has 2 aromatic heterocycles. The molecule has 4 rings (SSSR count). The van der Waals surface area contributed by atoms with Gasteiger partial charge in [-0.3, -0.25) is 9.56 Å². The van der Waals surface area contributed by atoms with Crippen LogP contribution in [0.1, 0.15) is 0 Å². The van der Waals surface area contributed by atoms with Gasteiger partial charge in [0.2, 0.25) is 5.96 Å². The van der Waals surface area contributed by atoms with Crippen LogP contribution >= 0.6 is 23.7 Å². The molecular weight excluding hydrogens is 290 g/mol. The molecule has 3 heterocycles. The number of fused-ring (bicyclic) bond motifs is 1. The Morgan fingerprint density at radius 2 is 2.05 bits per heavy atom. The van der Waals surface area contributed by atoms with Gasteiger partial charge >= 0.3 is 0 Å². The van der Waals surface area contributed by atoms with Crippen molar-refractivity contribution in [3.63, 3.8) is 0 Å². The molecule has 0 saturated heterocycles. The fourth-order valence-corrected chi connectivity index (χ4v) is 3.26. The third-order valence-electron chi connectivity index (χ3n) is 3.35. The topological polar surface area (TPSA) is 29.3 Å². The highest BCUT2D eigenvalue weighted by atomic mass is 35.5. The highest BCUT2D eigenvalue weighted by Crippen LogP contribution is 2.31. The van der Waals surface area contributed by atoms with Gasteiger partial charge in [-0.2, -0.15) is 0 Å². The minimum Gasteiger partial charge on any atom is -0.354 e. The lowest BCUT2D eigenvalue weighted by Gasteiger charge is -2.09. The SMILES string of the molecule is Cl.c1csc(-c2cc3ccccc3n2C2=NCCN2)c1. The number of rotatable bonds is 1. The smallest absolute Gasteiger partial charge is 0.203 e. The van der Waals surface area contributed by atoms with Crippen LogP contribution in [-0.4, -0.2) is 23.6 Å². The molecule has 0 aliphatic carbocycles. The van der Waals surface area contributed by atoms with E-state index in [1.165, 1.54) is 21.5 Å². The van der Waals surface area contributed by atoms with Gasteiger partial charge in [0.1, 0.15) is 0 Å². The Bertz CT molecular complexity index is 759. The lowest BCUT2D eigenvalue weighted by molar-refractivity contribution is 0.945. The largest absolute Gasteiger partial charge is 0.354 e. The minimum absolute atomic E-state index is 0. The molecule has 1 aromatic carbocycles. The number of hydrogen-bond donors (Lipinski definition) is 1. The van der Waals surface area contributed by atoms with E-state index >= 15 is 0 Å². The number of thiophene rings is 1. The predicted octanol–water partition coefficient (Wildman–Crippen LogP) is 3.60. The predicted molar refractivity (Wildman–Crippen MR) is 88.2 cm³/mol. The average molecular weight is 304 g/mol. The van der Waals surface area contributed by atoms with Crippen molar-refractivity contribution in [1.82, 2.24) is 9.88 Å². The summed E-state index contributed by atoms with van der Waals surface area (Å²) in [6.45, 7) is 1.78. The number of benzene rings is 1. The molecular formula is C15H14ClN3S. The zero-order valence-electron chi connectivity index (χ0n) is 10.7. The van der Waals surface area contributed by atoms with Crippen LogP contribution in [-0.2, 0) is 0 Å². The summed E-state index contributed by atoms with van der Waals surface area (Å²) in [5.41, 5.74) is 2.42. The average Bonchev–Trinajstić information content (AvgIpc) is 3.17. The summed E-state index contributed by atoms with van der Waals surface area (Å²) in [5, 5.41) is 6.74. The normalized spacial score (nSPS) is 13.9. The van der Waals surface area contributed by atoms with Crippen LogP contribution in [0.15, 0.2) is 52.8 Å². The third kappa shape index (κ3) is 2.01. The van der Waals surface area contributed by atoms with Crippen LogP contribution < -0.4 is 5.32 Å². The van der Waals surface area contributed by atoms with Crippen molar-refractivity contribution in [3.05, 3.63) is 47.8 Å². The van der Waals surface area contributed by atoms with Crippen LogP contribution in [0.3, 0.4) is 0 Å². The standard InChI is InChI=1S/C15H13N3S.ClH/c1-2-5-12-11(4-1)10-13(14-6-3-9-19-14)18(12)15-16-7-8-17-15;/h1-6,9-10H,7-8H2,(H,16,17);1H. The molecule has 0 radical (unpaired) electrons. The number of nitrogens with zero attached hydrogens (tertiary/aromatic N) is 2. The number of aromatic nitrogens is 1. The van der Waals surface area contributed by atoms with Crippen LogP contribution in [0, 0.1) is 0 Å². The van der Waals surface area contributed by atoms with E-state index < -0.39 is 0 Å². The second-order valence-corrected chi connectivity index (χ2v) is 5.48. The number of nitrogens with one attached hydrogen (secondary N) is 1. The minimum atomic E-state index is 0. The molecule has 1 N–H and O–H groups in total. The molecule has 1 aliphatic heterocycles. The first-order valence-corrected chi connectivity index (χ1v) is 7.24. The number of halogens is 1. The van der Waals surface area contributed by atoms with Gasteiger partial charge in [-0.25, -0.2) is 0 Å². The highest BCUT2D eigenvalue weighted by Gasteiger charge is 2.17. The van der Waals surface area contributed by atoms with Gasteiger partial charge in [0.25, 0.3) is 0 Å². The number of para-hydroxylation sites is 1. The van der Waals surface area contributed by atoms with Gasteiger partial charge < -0.3 is 5.32 Å². The number of aliphatic imine (C=N–C) groups is 1. The maximum absolute atomic E-state index is 4.57. The van der Waals surface area contributed by atoms with Crippen molar-refractivity contribution in [3.8, 4) is 10.6 Å². The van der Waals surface area contributed by atoms with Crippen LogP contribution in [0.2, 0.25) is 0 Å². The monoisotopic (exact) mass is 303 g/mol. The summed E-state index contributed by atoms with van der Waals surface area (Å²) in [4.78, 5) is 5.84. The maximum atomic E-state index is 4.57.